The van der Waals surface area contributed by atoms with E-state index in [4.69, 9.17) is 4.74 Å². The van der Waals surface area contributed by atoms with Gasteiger partial charge >= 0.3 is 0 Å². The molecule has 110 valence electrons. The molecule has 0 aliphatic rings. The number of rotatable bonds is 5. The summed E-state index contributed by atoms with van der Waals surface area (Å²) in [5, 5.41) is 2.92. The summed E-state index contributed by atoms with van der Waals surface area (Å²) in [6.07, 6.45) is 0. The lowest BCUT2D eigenvalue weighted by Gasteiger charge is -2.15. The highest BCUT2D eigenvalue weighted by Gasteiger charge is 2.09. The molecule has 0 fully saturated rings. The monoisotopic (exact) mass is 347 g/mol. The number of hydrogen-bond donors (Lipinski definition) is 1. The van der Waals surface area contributed by atoms with Crippen LogP contribution in [-0.4, -0.2) is 12.5 Å². The molecule has 0 aliphatic heterocycles. The molecule has 2 rings (SSSR count). The number of nitrogens with one attached hydrogen (secondary N) is 1. The predicted molar refractivity (Wildman–Crippen MR) is 87.4 cm³/mol. The average molecular weight is 348 g/mol. The van der Waals surface area contributed by atoms with Crippen molar-refractivity contribution < 1.29 is 9.53 Å². The van der Waals surface area contributed by atoms with Gasteiger partial charge in [-0.05, 0) is 43.7 Å². The highest BCUT2D eigenvalue weighted by molar-refractivity contribution is 9.10. The molecule has 3 nitrogen and oxygen atoms in total. The van der Waals surface area contributed by atoms with Crippen LogP contribution in [0.1, 0.15) is 24.1 Å². The van der Waals surface area contributed by atoms with Gasteiger partial charge in [-0.3, -0.25) is 4.79 Å². The molecule has 0 saturated carbocycles. The minimum atomic E-state index is -0.133. The van der Waals surface area contributed by atoms with Crippen molar-refractivity contribution in [2.45, 2.75) is 19.9 Å². The summed E-state index contributed by atoms with van der Waals surface area (Å²) >= 11 is 3.35. The molecule has 0 heterocycles. The SMILES string of the molecule is Cc1ccc([C@H](C)NC(=O)COc2ccc(Br)cc2)cc1. The highest BCUT2D eigenvalue weighted by Crippen LogP contribution is 2.16. The zero-order chi connectivity index (χ0) is 15.2. The van der Waals surface area contributed by atoms with Crippen LogP contribution in [0.25, 0.3) is 0 Å². The maximum absolute atomic E-state index is 11.9. The summed E-state index contributed by atoms with van der Waals surface area (Å²) < 4.78 is 6.42. The van der Waals surface area contributed by atoms with Gasteiger partial charge in [-0.25, -0.2) is 0 Å². The Kier molecular flexibility index (Phi) is 5.39. The molecule has 0 aromatic heterocycles. The van der Waals surface area contributed by atoms with Crippen LogP contribution in [0.15, 0.2) is 53.0 Å². The van der Waals surface area contributed by atoms with E-state index in [1.54, 1.807) is 0 Å². The molecule has 0 radical (unpaired) electrons. The topological polar surface area (TPSA) is 38.3 Å². The molecule has 2 aromatic carbocycles. The first kappa shape index (κ1) is 15.6. The van der Waals surface area contributed by atoms with E-state index in [1.807, 2.05) is 62.4 Å². The lowest BCUT2D eigenvalue weighted by Crippen LogP contribution is -2.31. The van der Waals surface area contributed by atoms with Gasteiger partial charge in [0.15, 0.2) is 6.61 Å². The maximum Gasteiger partial charge on any atom is 0.258 e. The molecule has 0 unspecified atom stereocenters. The number of halogens is 1. The molecule has 21 heavy (non-hydrogen) atoms. The summed E-state index contributed by atoms with van der Waals surface area (Å²) in [6, 6.07) is 15.5. The zero-order valence-corrected chi connectivity index (χ0v) is 13.7. The van der Waals surface area contributed by atoms with E-state index in [1.165, 1.54) is 5.56 Å². The van der Waals surface area contributed by atoms with Crippen LogP contribution in [0, 0.1) is 6.92 Å². The van der Waals surface area contributed by atoms with Crippen LogP contribution < -0.4 is 10.1 Å². The fraction of sp³-hybridized carbons (Fsp3) is 0.235. The number of carbonyl (C=O) groups excluding carboxylic acids is 1. The third kappa shape index (κ3) is 4.90. The minimum absolute atomic E-state index is 0.0117. The molecule has 0 saturated heterocycles. The van der Waals surface area contributed by atoms with Crippen molar-refractivity contribution in [3.05, 3.63) is 64.1 Å². The summed E-state index contributed by atoms with van der Waals surface area (Å²) in [7, 11) is 0. The van der Waals surface area contributed by atoms with Crippen LogP contribution in [0.3, 0.4) is 0 Å². The first-order valence-corrected chi connectivity index (χ1v) is 7.58. The predicted octanol–water partition coefficient (Wildman–Crippen LogP) is 4.01. The lowest BCUT2D eigenvalue weighted by molar-refractivity contribution is -0.123. The largest absolute Gasteiger partial charge is 0.484 e. The summed E-state index contributed by atoms with van der Waals surface area (Å²) in [5.74, 6) is 0.544. The third-order valence-electron chi connectivity index (χ3n) is 3.14. The number of amides is 1. The smallest absolute Gasteiger partial charge is 0.258 e. The summed E-state index contributed by atoms with van der Waals surface area (Å²) in [6.45, 7) is 4.01. The average Bonchev–Trinajstić information content (AvgIpc) is 2.47. The van der Waals surface area contributed by atoms with Gasteiger partial charge in [0.2, 0.25) is 0 Å². The van der Waals surface area contributed by atoms with Crippen molar-refractivity contribution >= 4 is 21.8 Å². The third-order valence-corrected chi connectivity index (χ3v) is 3.67. The minimum Gasteiger partial charge on any atom is -0.484 e. The summed E-state index contributed by atoms with van der Waals surface area (Å²) in [5.41, 5.74) is 2.29. The molecule has 0 aliphatic carbocycles. The highest BCUT2D eigenvalue weighted by atomic mass is 79.9. The Bertz CT molecular complexity index is 593. The van der Waals surface area contributed by atoms with Crippen molar-refractivity contribution in [3.63, 3.8) is 0 Å². The second-order valence-corrected chi connectivity index (χ2v) is 5.86. The number of benzene rings is 2. The maximum atomic E-state index is 11.9. The van der Waals surface area contributed by atoms with Crippen LogP contribution in [0.4, 0.5) is 0 Å². The Balaban J connectivity index is 1.83. The van der Waals surface area contributed by atoms with Crippen molar-refractivity contribution in [2.24, 2.45) is 0 Å². The Labute approximate surface area is 133 Å². The van der Waals surface area contributed by atoms with E-state index in [2.05, 4.69) is 21.2 Å². The fourth-order valence-electron chi connectivity index (χ4n) is 1.90. The van der Waals surface area contributed by atoms with Gasteiger partial charge < -0.3 is 10.1 Å². The fourth-order valence-corrected chi connectivity index (χ4v) is 2.17. The number of carbonyl (C=O) groups is 1. The second-order valence-electron chi connectivity index (χ2n) is 4.94. The molecule has 0 bridgehead atoms. The van der Waals surface area contributed by atoms with Crippen molar-refractivity contribution in [2.75, 3.05) is 6.61 Å². The van der Waals surface area contributed by atoms with Crippen molar-refractivity contribution in [3.8, 4) is 5.75 Å². The summed E-state index contributed by atoms with van der Waals surface area (Å²) in [4.78, 5) is 11.9. The number of ether oxygens (including phenoxy) is 1. The molecular formula is C17H18BrNO2. The van der Waals surface area contributed by atoms with E-state index in [0.29, 0.717) is 5.75 Å². The molecule has 2 aromatic rings. The van der Waals surface area contributed by atoms with E-state index in [-0.39, 0.29) is 18.6 Å². The van der Waals surface area contributed by atoms with Gasteiger partial charge in [0.05, 0.1) is 6.04 Å². The molecule has 1 atom stereocenters. The van der Waals surface area contributed by atoms with Crippen LogP contribution in [0.5, 0.6) is 5.75 Å². The first-order valence-electron chi connectivity index (χ1n) is 6.79. The van der Waals surface area contributed by atoms with Gasteiger partial charge in [-0.1, -0.05) is 45.8 Å². The Morgan fingerprint density at radius 2 is 1.76 bits per heavy atom. The van der Waals surface area contributed by atoms with Crippen LogP contribution in [-0.2, 0) is 4.79 Å². The molecule has 4 heteroatoms. The zero-order valence-electron chi connectivity index (χ0n) is 12.1. The van der Waals surface area contributed by atoms with E-state index in [9.17, 15) is 4.79 Å². The standard InChI is InChI=1S/C17H18BrNO2/c1-12-3-5-14(6-4-12)13(2)19-17(20)11-21-16-9-7-15(18)8-10-16/h3-10,13H,11H2,1-2H3,(H,19,20)/t13-/m0/s1. The van der Waals surface area contributed by atoms with Crippen LogP contribution in [0.2, 0.25) is 0 Å². The normalized spacial score (nSPS) is 11.8. The lowest BCUT2D eigenvalue weighted by atomic mass is 10.1. The Hall–Kier alpha value is -1.81. The number of aryl methyl sites for hydroxylation is 1. The molecular weight excluding hydrogens is 330 g/mol. The molecule has 1 amide bonds. The van der Waals surface area contributed by atoms with E-state index >= 15 is 0 Å². The van der Waals surface area contributed by atoms with Gasteiger partial charge in [-0.15, -0.1) is 0 Å². The van der Waals surface area contributed by atoms with E-state index in [0.717, 1.165) is 10.0 Å². The molecule has 0 spiro atoms. The van der Waals surface area contributed by atoms with Crippen LogP contribution >= 0.6 is 15.9 Å². The quantitative estimate of drug-likeness (QED) is 0.887. The molecule has 1 N–H and O–H groups in total. The van der Waals surface area contributed by atoms with Gasteiger partial charge in [0.25, 0.3) is 5.91 Å². The Morgan fingerprint density at radius 3 is 2.38 bits per heavy atom. The number of hydrogen-bond acceptors (Lipinski definition) is 2. The van der Waals surface area contributed by atoms with Gasteiger partial charge in [0, 0.05) is 4.47 Å². The van der Waals surface area contributed by atoms with E-state index < -0.39 is 0 Å². The second kappa shape index (κ2) is 7.27. The van der Waals surface area contributed by atoms with Gasteiger partial charge in [-0.2, -0.15) is 0 Å². The van der Waals surface area contributed by atoms with Crippen molar-refractivity contribution in [1.82, 2.24) is 5.32 Å². The Morgan fingerprint density at radius 1 is 1.14 bits per heavy atom. The van der Waals surface area contributed by atoms with Gasteiger partial charge in [0.1, 0.15) is 5.75 Å². The van der Waals surface area contributed by atoms with Crippen molar-refractivity contribution in [1.29, 1.82) is 0 Å². The first-order chi connectivity index (χ1) is 10.0.